The molecule has 1 aliphatic heterocycles. The second-order valence-electron chi connectivity index (χ2n) is 6.65. The Morgan fingerprint density at radius 1 is 1.31 bits per heavy atom. The highest BCUT2D eigenvalue weighted by molar-refractivity contribution is 4.96. The lowest BCUT2D eigenvalue weighted by Gasteiger charge is -2.30. The summed E-state index contributed by atoms with van der Waals surface area (Å²) in [5.41, 5.74) is 0.979. The van der Waals surface area contributed by atoms with Crippen LogP contribution in [-0.4, -0.2) is 24.7 Å². The van der Waals surface area contributed by atoms with Crippen LogP contribution in [0, 0.1) is 5.41 Å². The SMILES string of the molecule is CCC1(CNC2CCC(C)(C)C2)CCCN1. The Morgan fingerprint density at radius 3 is 2.62 bits per heavy atom. The van der Waals surface area contributed by atoms with Crippen molar-refractivity contribution in [3.8, 4) is 0 Å². The summed E-state index contributed by atoms with van der Waals surface area (Å²) in [5.74, 6) is 0. The molecule has 2 fully saturated rings. The van der Waals surface area contributed by atoms with E-state index in [2.05, 4.69) is 31.4 Å². The normalized spacial score (nSPS) is 38.1. The first-order chi connectivity index (χ1) is 7.55. The first kappa shape index (κ1) is 12.4. The van der Waals surface area contributed by atoms with Crippen LogP contribution < -0.4 is 10.6 Å². The van der Waals surface area contributed by atoms with Gasteiger partial charge in [-0.15, -0.1) is 0 Å². The quantitative estimate of drug-likeness (QED) is 0.767. The van der Waals surface area contributed by atoms with Gasteiger partial charge in [-0.3, -0.25) is 0 Å². The monoisotopic (exact) mass is 224 g/mol. The fraction of sp³-hybridized carbons (Fsp3) is 1.00. The third kappa shape index (κ3) is 2.78. The molecule has 94 valence electrons. The van der Waals surface area contributed by atoms with Gasteiger partial charge in [0.15, 0.2) is 0 Å². The minimum atomic E-state index is 0.409. The fourth-order valence-corrected chi connectivity index (χ4v) is 3.40. The average Bonchev–Trinajstić information content (AvgIpc) is 2.83. The van der Waals surface area contributed by atoms with Crippen LogP contribution >= 0.6 is 0 Å². The Hall–Kier alpha value is -0.0800. The topological polar surface area (TPSA) is 24.1 Å². The van der Waals surface area contributed by atoms with Crippen molar-refractivity contribution in [3.05, 3.63) is 0 Å². The van der Waals surface area contributed by atoms with Gasteiger partial charge in [0.25, 0.3) is 0 Å². The molecule has 2 atom stereocenters. The zero-order chi connectivity index (χ0) is 11.6. The van der Waals surface area contributed by atoms with Crippen molar-refractivity contribution in [3.63, 3.8) is 0 Å². The van der Waals surface area contributed by atoms with E-state index in [4.69, 9.17) is 0 Å². The number of rotatable bonds is 4. The van der Waals surface area contributed by atoms with Crippen LogP contribution in [0.25, 0.3) is 0 Å². The Labute approximate surface area is 101 Å². The van der Waals surface area contributed by atoms with Gasteiger partial charge in [-0.25, -0.2) is 0 Å². The van der Waals surface area contributed by atoms with Crippen molar-refractivity contribution in [1.29, 1.82) is 0 Å². The molecule has 2 heteroatoms. The first-order valence-electron chi connectivity index (χ1n) is 7.04. The van der Waals surface area contributed by atoms with Gasteiger partial charge in [-0.05, 0) is 50.5 Å². The van der Waals surface area contributed by atoms with Crippen LogP contribution in [-0.2, 0) is 0 Å². The van der Waals surface area contributed by atoms with E-state index in [-0.39, 0.29) is 0 Å². The third-order valence-corrected chi connectivity index (χ3v) is 4.71. The minimum Gasteiger partial charge on any atom is -0.312 e. The summed E-state index contributed by atoms with van der Waals surface area (Å²) in [5, 5.41) is 7.51. The maximum Gasteiger partial charge on any atom is 0.0304 e. The second kappa shape index (κ2) is 4.66. The summed E-state index contributed by atoms with van der Waals surface area (Å²) in [6.07, 6.45) is 8.07. The Morgan fingerprint density at radius 2 is 2.12 bits per heavy atom. The molecule has 1 heterocycles. The summed E-state index contributed by atoms with van der Waals surface area (Å²) >= 11 is 0. The molecule has 0 spiro atoms. The van der Waals surface area contributed by atoms with Crippen molar-refractivity contribution < 1.29 is 0 Å². The zero-order valence-electron chi connectivity index (χ0n) is 11.2. The number of hydrogen-bond donors (Lipinski definition) is 2. The minimum absolute atomic E-state index is 0.409. The maximum atomic E-state index is 3.81. The summed E-state index contributed by atoms with van der Waals surface area (Å²) in [6, 6.07) is 0.765. The second-order valence-corrected chi connectivity index (χ2v) is 6.65. The van der Waals surface area contributed by atoms with Crippen LogP contribution in [0.1, 0.15) is 59.3 Å². The third-order valence-electron chi connectivity index (χ3n) is 4.71. The molecular formula is C14H28N2. The highest BCUT2D eigenvalue weighted by Crippen LogP contribution is 2.37. The molecule has 16 heavy (non-hydrogen) atoms. The van der Waals surface area contributed by atoms with Crippen molar-refractivity contribution in [2.75, 3.05) is 13.1 Å². The van der Waals surface area contributed by atoms with E-state index in [1.165, 1.54) is 51.6 Å². The van der Waals surface area contributed by atoms with Gasteiger partial charge in [0.1, 0.15) is 0 Å². The molecule has 1 saturated heterocycles. The van der Waals surface area contributed by atoms with E-state index in [1.807, 2.05) is 0 Å². The molecule has 0 aromatic rings. The van der Waals surface area contributed by atoms with Crippen molar-refractivity contribution >= 4 is 0 Å². The van der Waals surface area contributed by atoms with Crippen molar-refractivity contribution in [2.24, 2.45) is 5.41 Å². The lowest BCUT2D eigenvalue weighted by atomic mass is 9.91. The molecule has 2 aliphatic rings. The summed E-state index contributed by atoms with van der Waals surface area (Å²) in [7, 11) is 0. The number of hydrogen-bond acceptors (Lipinski definition) is 2. The van der Waals surface area contributed by atoms with Gasteiger partial charge >= 0.3 is 0 Å². The van der Waals surface area contributed by atoms with Gasteiger partial charge in [0.2, 0.25) is 0 Å². The smallest absolute Gasteiger partial charge is 0.0304 e. The van der Waals surface area contributed by atoms with E-state index < -0.39 is 0 Å². The van der Waals surface area contributed by atoms with Gasteiger partial charge in [0, 0.05) is 18.1 Å². The van der Waals surface area contributed by atoms with Gasteiger partial charge < -0.3 is 10.6 Å². The highest BCUT2D eigenvalue weighted by atomic mass is 15.1. The van der Waals surface area contributed by atoms with Crippen LogP contribution in [0.15, 0.2) is 0 Å². The average molecular weight is 224 g/mol. The van der Waals surface area contributed by atoms with Crippen LogP contribution in [0.2, 0.25) is 0 Å². The molecule has 2 rings (SSSR count). The molecule has 2 N–H and O–H groups in total. The molecule has 0 aromatic carbocycles. The Kier molecular flexibility index (Phi) is 3.60. The van der Waals surface area contributed by atoms with E-state index in [9.17, 15) is 0 Å². The highest BCUT2D eigenvalue weighted by Gasteiger charge is 2.35. The fourth-order valence-electron chi connectivity index (χ4n) is 3.40. The maximum absolute atomic E-state index is 3.81. The predicted molar refractivity (Wildman–Crippen MR) is 69.7 cm³/mol. The van der Waals surface area contributed by atoms with Gasteiger partial charge in [-0.2, -0.15) is 0 Å². The zero-order valence-corrected chi connectivity index (χ0v) is 11.2. The molecule has 0 radical (unpaired) electrons. The molecule has 1 aliphatic carbocycles. The van der Waals surface area contributed by atoms with Crippen LogP contribution in [0.5, 0.6) is 0 Å². The lowest BCUT2D eigenvalue weighted by Crippen LogP contribution is -2.50. The lowest BCUT2D eigenvalue weighted by molar-refractivity contribution is 0.309. The van der Waals surface area contributed by atoms with E-state index in [0.717, 1.165) is 6.04 Å². The van der Waals surface area contributed by atoms with Crippen LogP contribution in [0.3, 0.4) is 0 Å². The van der Waals surface area contributed by atoms with Gasteiger partial charge in [0.05, 0.1) is 0 Å². The summed E-state index contributed by atoms with van der Waals surface area (Å²) in [6.45, 7) is 9.50. The predicted octanol–water partition coefficient (Wildman–Crippen LogP) is 2.69. The van der Waals surface area contributed by atoms with Crippen molar-refractivity contribution in [2.45, 2.75) is 70.9 Å². The Bertz CT molecular complexity index is 229. The van der Waals surface area contributed by atoms with Crippen molar-refractivity contribution in [1.82, 2.24) is 10.6 Å². The van der Waals surface area contributed by atoms with E-state index >= 15 is 0 Å². The standard InChI is InChI=1S/C14H28N2/c1-4-14(7-5-9-16-14)11-15-12-6-8-13(2,3)10-12/h12,15-16H,4-11H2,1-3H3. The molecule has 0 aromatic heterocycles. The molecule has 0 bridgehead atoms. The molecule has 0 amide bonds. The molecule has 2 nitrogen and oxygen atoms in total. The van der Waals surface area contributed by atoms with Crippen LogP contribution in [0.4, 0.5) is 0 Å². The summed E-state index contributed by atoms with van der Waals surface area (Å²) < 4.78 is 0. The summed E-state index contributed by atoms with van der Waals surface area (Å²) in [4.78, 5) is 0. The first-order valence-corrected chi connectivity index (χ1v) is 7.04. The van der Waals surface area contributed by atoms with Gasteiger partial charge in [-0.1, -0.05) is 20.8 Å². The molecule has 1 saturated carbocycles. The number of nitrogens with one attached hydrogen (secondary N) is 2. The molecule has 2 unspecified atom stereocenters. The van der Waals surface area contributed by atoms with E-state index in [1.54, 1.807) is 0 Å². The Balaban J connectivity index is 1.79. The van der Waals surface area contributed by atoms with E-state index in [0.29, 0.717) is 11.0 Å². The molecular weight excluding hydrogens is 196 g/mol. The largest absolute Gasteiger partial charge is 0.312 e.